The highest BCUT2D eigenvalue weighted by atomic mass is 16.5. The van der Waals surface area contributed by atoms with E-state index in [1.165, 1.54) is 0 Å². The van der Waals surface area contributed by atoms with Crippen LogP contribution in [0.2, 0.25) is 0 Å². The maximum Gasteiger partial charge on any atom is 0.335 e. The molecule has 1 fully saturated rings. The maximum atomic E-state index is 12.3. The molecule has 0 unspecified atom stereocenters. The number of nitrogens with one attached hydrogen (secondary N) is 2. The summed E-state index contributed by atoms with van der Waals surface area (Å²) in [6, 6.07) is 1.68. The van der Waals surface area contributed by atoms with E-state index in [9.17, 15) is 39.3 Å². The van der Waals surface area contributed by atoms with E-state index in [-0.39, 0.29) is 23.4 Å². The van der Waals surface area contributed by atoms with E-state index in [1.54, 1.807) is 0 Å². The lowest BCUT2D eigenvalue weighted by molar-refractivity contribution is -0.219. The van der Waals surface area contributed by atoms with E-state index in [0.717, 1.165) is 18.2 Å². The Morgan fingerprint density at radius 1 is 0.833 bits per heavy atom. The third-order valence-electron chi connectivity index (χ3n) is 5.41. The second-order valence-electron chi connectivity index (χ2n) is 8.07. The molecular weight excluding hydrogens is 488 g/mol. The number of amides is 1. The fraction of sp³-hybridized carbons (Fsp3) is 0.476. The summed E-state index contributed by atoms with van der Waals surface area (Å²) < 4.78 is 5.51. The Labute approximate surface area is 202 Å². The van der Waals surface area contributed by atoms with Crippen LogP contribution < -0.4 is 10.6 Å². The van der Waals surface area contributed by atoms with Crippen molar-refractivity contribution in [2.45, 2.75) is 55.8 Å². The lowest BCUT2D eigenvalue weighted by Gasteiger charge is -2.40. The smallest absolute Gasteiger partial charge is 0.335 e. The van der Waals surface area contributed by atoms with Crippen LogP contribution in [0.25, 0.3) is 0 Å². The highest BCUT2D eigenvalue weighted by Gasteiger charge is 2.44. The quantitative estimate of drug-likeness (QED) is 0.149. The van der Waals surface area contributed by atoms with Crippen molar-refractivity contribution in [2.75, 3.05) is 11.9 Å². The van der Waals surface area contributed by atoms with E-state index in [0.29, 0.717) is 0 Å². The second kappa shape index (κ2) is 12.3. The Balaban J connectivity index is 2.09. The molecule has 0 aromatic heterocycles. The highest BCUT2D eigenvalue weighted by Crippen LogP contribution is 2.24. The van der Waals surface area contributed by atoms with Crippen molar-refractivity contribution in [1.82, 2.24) is 5.32 Å². The Hall–Kier alpha value is -3.79. The zero-order valence-corrected chi connectivity index (χ0v) is 18.6. The molecule has 1 saturated heterocycles. The first-order valence-corrected chi connectivity index (χ1v) is 10.6. The first-order valence-electron chi connectivity index (χ1n) is 10.6. The molecule has 0 spiro atoms. The Morgan fingerprint density at radius 2 is 1.39 bits per heavy atom. The molecule has 6 atom stereocenters. The number of aromatic carboxylic acids is 2. The molecule has 9 N–H and O–H groups in total. The molecule has 0 saturated carbocycles. The zero-order chi connectivity index (χ0) is 27.2. The number of aliphatic hydroxyl groups is 3. The number of carboxylic acids is 4. The van der Waals surface area contributed by atoms with E-state index < -0.39 is 85.6 Å². The second-order valence-corrected chi connectivity index (χ2v) is 8.07. The minimum absolute atomic E-state index is 0.0423. The molecule has 198 valence electrons. The molecule has 1 amide bonds. The van der Waals surface area contributed by atoms with Crippen LogP contribution in [0.4, 0.5) is 5.69 Å². The van der Waals surface area contributed by atoms with Crippen molar-refractivity contribution >= 4 is 35.5 Å². The fourth-order valence-electron chi connectivity index (χ4n) is 3.52. The summed E-state index contributed by atoms with van der Waals surface area (Å²) in [5.41, 5.74) is -0.618. The molecule has 2 rings (SSSR count). The first-order chi connectivity index (χ1) is 16.8. The molecule has 0 bridgehead atoms. The van der Waals surface area contributed by atoms with Crippen molar-refractivity contribution in [3.8, 4) is 0 Å². The van der Waals surface area contributed by atoms with Gasteiger partial charge in [0.15, 0.2) is 0 Å². The molecule has 15 heteroatoms. The van der Waals surface area contributed by atoms with Gasteiger partial charge in [-0.2, -0.15) is 0 Å². The standard InChI is InChI=1S/C21H26N2O13/c24-14(23-11(21(34)35)1-2-15(25)26)6-12-16(27)18(29)17(28)13(36-12)7-22-10-4-8(19(30)31)3-9(5-10)20(32)33/h3-5,11-13,16-18,22,27-29H,1-2,6-7H2,(H,23,24)(H,25,26)(H,30,31)(H,32,33)(H,34,35)/t11-,12-,13+,16+,17+,18+/m0/s1. The van der Waals surface area contributed by atoms with Crippen molar-refractivity contribution in [3.05, 3.63) is 29.3 Å². The summed E-state index contributed by atoms with van der Waals surface area (Å²) >= 11 is 0. The number of carbonyl (C=O) groups excluding carboxylic acids is 1. The molecule has 0 aliphatic carbocycles. The van der Waals surface area contributed by atoms with Crippen molar-refractivity contribution in [3.63, 3.8) is 0 Å². The zero-order valence-electron chi connectivity index (χ0n) is 18.6. The van der Waals surface area contributed by atoms with Crippen LogP contribution in [0.1, 0.15) is 40.0 Å². The number of carboxylic acid groups (broad SMARTS) is 4. The maximum absolute atomic E-state index is 12.3. The van der Waals surface area contributed by atoms with Crippen LogP contribution in [0.15, 0.2) is 18.2 Å². The number of anilines is 1. The van der Waals surface area contributed by atoms with E-state index >= 15 is 0 Å². The summed E-state index contributed by atoms with van der Waals surface area (Å²) in [6.45, 7) is -0.304. The summed E-state index contributed by atoms with van der Waals surface area (Å²) in [5, 5.41) is 71.6. The fourth-order valence-corrected chi connectivity index (χ4v) is 3.52. The Bertz CT molecular complexity index is 981. The number of rotatable bonds is 12. The van der Waals surface area contributed by atoms with Crippen molar-refractivity contribution in [1.29, 1.82) is 0 Å². The van der Waals surface area contributed by atoms with Gasteiger partial charge in [-0.3, -0.25) is 9.59 Å². The average molecular weight is 514 g/mol. The summed E-state index contributed by atoms with van der Waals surface area (Å²) in [5.74, 6) is -6.44. The first kappa shape index (κ1) is 28.4. The van der Waals surface area contributed by atoms with Crippen LogP contribution in [0.5, 0.6) is 0 Å². The molecule has 1 aromatic carbocycles. The number of hydrogen-bond acceptors (Lipinski definition) is 10. The van der Waals surface area contributed by atoms with E-state index in [4.69, 9.17) is 25.2 Å². The van der Waals surface area contributed by atoms with Gasteiger partial charge in [0.25, 0.3) is 0 Å². The minimum atomic E-state index is -1.77. The van der Waals surface area contributed by atoms with Gasteiger partial charge < -0.3 is 51.1 Å². The number of aliphatic carboxylic acids is 2. The molecule has 1 heterocycles. The lowest BCUT2D eigenvalue weighted by Crippen LogP contribution is -2.60. The number of aliphatic hydroxyl groups excluding tert-OH is 3. The van der Waals surface area contributed by atoms with Gasteiger partial charge in [0.1, 0.15) is 30.5 Å². The molecular formula is C21H26N2O13. The predicted octanol–water partition coefficient (Wildman–Crippen LogP) is -1.83. The third-order valence-corrected chi connectivity index (χ3v) is 5.41. The van der Waals surface area contributed by atoms with Crippen molar-refractivity contribution < 1.29 is 64.5 Å². The van der Waals surface area contributed by atoms with Gasteiger partial charge in [0, 0.05) is 18.7 Å². The molecule has 1 aliphatic heterocycles. The van der Waals surface area contributed by atoms with Crippen LogP contribution in [-0.4, -0.2) is 109 Å². The molecule has 36 heavy (non-hydrogen) atoms. The topological polar surface area (TPSA) is 260 Å². The number of ether oxygens (including phenoxy) is 1. The van der Waals surface area contributed by atoms with Gasteiger partial charge in [-0.1, -0.05) is 0 Å². The van der Waals surface area contributed by atoms with Crippen LogP contribution in [0, 0.1) is 0 Å². The largest absolute Gasteiger partial charge is 0.481 e. The average Bonchev–Trinajstić information content (AvgIpc) is 2.80. The molecule has 15 nitrogen and oxygen atoms in total. The van der Waals surface area contributed by atoms with Gasteiger partial charge >= 0.3 is 23.9 Å². The predicted molar refractivity (Wildman–Crippen MR) is 117 cm³/mol. The molecule has 1 aromatic rings. The van der Waals surface area contributed by atoms with Crippen molar-refractivity contribution in [2.24, 2.45) is 0 Å². The monoisotopic (exact) mass is 514 g/mol. The highest BCUT2D eigenvalue weighted by molar-refractivity contribution is 5.95. The Kier molecular flexibility index (Phi) is 9.68. The normalized spacial score (nSPS) is 24.4. The SMILES string of the molecule is O=C(O)CC[C@H](NC(=O)C[C@@H]1O[C@H](CNc2cc(C(=O)O)cc(C(=O)O)c2)[C@@H](O)[C@H](O)[C@@H]1O)C(=O)O. The van der Waals surface area contributed by atoms with Crippen LogP contribution >= 0.6 is 0 Å². The summed E-state index contributed by atoms with van der Waals surface area (Å²) in [4.78, 5) is 56.7. The van der Waals surface area contributed by atoms with Crippen LogP contribution in [0.3, 0.4) is 0 Å². The number of hydrogen-bond donors (Lipinski definition) is 9. The molecule has 0 radical (unpaired) electrons. The van der Waals surface area contributed by atoms with Gasteiger partial charge in [0.2, 0.25) is 5.91 Å². The van der Waals surface area contributed by atoms with Gasteiger partial charge in [0.05, 0.1) is 23.7 Å². The lowest BCUT2D eigenvalue weighted by atomic mass is 9.93. The van der Waals surface area contributed by atoms with Gasteiger partial charge in [-0.25, -0.2) is 14.4 Å². The number of benzene rings is 1. The Morgan fingerprint density at radius 3 is 1.89 bits per heavy atom. The van der Waals surface area contributed by atoms with Gasteiger partial charge in [-0.15, -0.1) is 0 Å². The van der Waals surface area contributed by atoms with Gasteiger partial charge in [-0.05, 0) is 24.6 Å². The third kappa shape index (κ3) is 7.61. The minimum Gasteiger partial charge on any atom is -0.481 e. The van der Waals surface area contributed by atoms with Crippen LogP contribution in [-0.2, 0) is 19.1 Å². The van der Waals surface area contributed by atoms with E-state index in [2.05, 4.69) is 10.6 Å². The number of carbonyl (C=O) groups is 5. The summed E-state index contributed by atoms with van der Waals surface area (Å²) in [6.07, 6.45) is -9.39. The summed E-state index contributed by atoms with van der Waals surface area (Å²) in [7, 11) is 0. The molecule has 1 aliphatic rings. The van der Waals surface area contributed by atoms with E-state index in [1.807, 2.05) is 0 Å².